The molecule has 2 aromatic rings. The predicted octanol–water partition coefficient (Wildman–Crippen LogP) is 9.59. The van der Waals surface area contributed by atoms with Crippen LogP contribution in [0.1, 0.15) is 67.3 Å². The summed E-state index contributed by atoms with van der Waals surface area (Å²) in [6.45, 7) is 4.60. The maximum atomic E-state index is 4.82. The minimum atomic E-state index is 0. The first kappa shape index (κ1) is 26.7. The van der Waals surface area contributed by atoms with Crippen molar-refractivity contribution < 1.29 is 0 Å². The van der Waals surface area contributed by atoms with E-state index in [1.165, 1.54) is 52.3 Å². The lowest BCUT2D eigenvalue weighted by Gasteiger charge is -2.23. The fourth-order valence-electron chi connectivity index (χ4n) is 5.78. The van der Waals surface area contributed by atoms with Crippen LogP contribution in [0.15, 0.2) is 88.9 Å². The van der Waals surface area contributed by atoms with E-state index in [0.717, 1.165) is 30.6 Å². The fourth-order valence-corrected chi connectivity index (χ4v) is 6.02. The summed E-state index contributed by atoms with van der Waals surface area (Å²) in [4.78, 5) is 1.02. The lowest BCUT2D eigenvalue weighted by Crippen LogP contribution is -2.06. The Morgan fingerprint density at radius 3 is 2.67 bits per heavy atom. The second kappa shape index (κ2) is 12.3. The summed E-state index contributed by atoms with van der Waals surface area (Å²) in [5.74, 6) is 0.482. The quantitative estimate of drug-likeness (QED) is 0.214. The third-order valence-electron chi connectivity index (χ3n) is 7.47. The SMILES string of the molecule is CCCc1c2c(c(CCC)c3cc(/C=C/C=C(\S)C4=CC5CC=CC=C5C=C4)ccc13)CCC=C2.P. The van der Waals surface area contributed by atoms with Crippen LogP contribution in [0.2, 0.25) is 0 Å². The average molecular weight is 511 g/mol. The molecule has 2 unspecified atom stereocenters. The van der Waals surface area contributed by atoms with Gasteiger partial charge in [0.2, 0.25) is 0 Å². The molecular weight excluding hydrogens is 471 g/mol. The Labute approximate surface area is 226 Å². The van der Waals surface area contributed by atoms with Gasteiger partial charge in [0.1, 0.15) is 0 Å². The van der Waals surface area contributed by atoms with E-state index in [-0.39, 0.29) is 9.90 Å². The molecule has 0 saturated heterocycles. The molecule has 36 heavy (non-hydrogen) atoms. The molecule has 0 bridgehead atoms. The van der Waals surface area contributed by atoms with Gasteiger partial charge in [0.15, 0.2) is 0 Å². The lowest BCUT2D eigenvalue weighted by atomic mass is 9.81. The molecule has 5 rings (SSSR count). The van der Waals surface area contributed by atoms with E-state index < -0.39 is 0 Å². The summed E-state index contributed by atoms with van der Waals surface area (Å²) in [6, 6.07) is 7.07. The van der Waals surface area contributed by atoms with Crippen molar-refractivity contribution in [3.05, 3.63) is 117 Å². The number of allylic oxidation sites excluding steroid dienone is 11. The number of fused-ring (bicyclic) bond motifs is 3. The predicted molar refractivity (Wildman–Crippen MR) is 169 cm³/mol. The number of aryl methyl sites for hydroxylation is 2. The molecule has 0 heterocycles. The normalized spacial score (nSPS) is 18.6. The first-order valence-electron chi connectivity index (χ1n) is 13.3. The van der Waals surface area contributed by atoms with Crippen LogP contribution in [0.5, 0.6) is 0 Å². The number of benzene rings is 2. The minimum Gasteiger partial charge on any atom is -0.153 e. The molecule has 0 saturated carbocycles. The molecule has 0 spiro atoms. The molecule has 2 atom stereocenters. The molecule has 2 aromatic carbocycles. The Hall–Kier alpha value is -2.34. The van der Waals surface area contributed by atoms with Gasteiger partial charge in [-0.25, -0.2) is 0 Å². The lowest BCUT2D eigenvalue weighted by molar-refractivity contribution is 0.775. The third kappa shape index (κ3) is 5.49. The molecule has 0 amide bonds. The molecule has 0 radical (unpaired) electrons. The first-order chi connectivity index (χ1) is 17.2. The fraction of sp³-hybridized carbons (Fsp3) is 0.294. The van der Waals surface area contributed by atoms with Crippen LogP contribution in [-0.2, 0) is 19.3 Å². The summed E-state index contributed by atoms with van der Waals surface area (Å²) >= 11 is 4.82. The molecule has 3 aliphatic rings. The van der Waals surface area contributed by atoms with Gasteiger partial charge in [-0.1, -0.05) is 99.6 Å². The van der Waals surface area contributed by atoms with Crippen LogP contribution in [0.25, 0.3) is 22.9 Å². The Balaban J connectivity index is 0.00000304. The molecule has 3 aliphatic carbocycles. The Morgan fingerprint density at radius 2 is 1.83 bits per heavy atom. The van der Waals surface area contributed by atoms with Crippen molar-refractivity contribution in [3.8, 4) is 0 Å². The molecule has 186 valence electrons. The molecule has 0 fully saturated rings. The minimum absolute atomic E-state index is 0. The zero-order valence-corrected chi connectivity index (χ0v) is 24.1. The van der Waals surface area contributed by atoms with Crippen LogP contribution in [-0.4, -0.2) is 0 Å². The number of hydrogen-bond donors (Lipinski definition) is 1. The van der Waals surface area contributed by atoms with E-state index in [1.54, 1.807) is 16.7 Å². The van der Waals surface area contributed by atoms with E-state index in [0.29, 0.717) is 5.92 Å². The van der Waals surface area contributed by atoms with Crippen molar-refractivity contribution in [2.45, 2.75) is 58.8 Å². The van der Waals surface area contributed by atoms with Gasteiger partial charge < -0.3 is 0 Å². The highest BCUT2D eigenvalue weighted by Gasteiger charge is 2.19. The third-order valence-corrected chi connectivity index (χ3v) is 7.88. The maximum Gasteiger partial charge on any atom is 0.0110 e. The van der Waals surface area contributed by atoms with E-state index in [2.05, 4.69) is 98.9 Å². The molecule has 0 aliphatic heterocycles. The topological polar surface area (TPSA) is 0 Å². The zero-order valence-electron chi connectivity index (χ0n) is 21.8. The number of rotatable bonds is 7. The Kier molecular flexibility index (Phi) is 9.10. The van der Waals surface area contributed by atoms with E-state index in [4.69, 9.17) is 12.6 Å². The zero-order chi connectivity index (χ0) is 24.2. The molecule has 0 aromatic heterocycles. The standard InChI is InChI=1S/C34H36S.H3P/c1-3-10-28-30-15-7-8-16-31(30)29(11-4-2)33-22-24(18-21-32(28)33)12-9-17-34(35)27-20-19-25-13-5-6-14-26(25)23-27;/h5-7,9,12-13,15,17-23,26,35H,3-4,8,10-11,14,16H2,1-2H3;1H3/b12-9+,34-17-;. The maximum absolute atomic E-state index is 4.82. The van der Waals surface area contributed by atoms with Gasteiger partial charge in [-0.05, 0) is 94.0 Å². The smallest absolute Gasteiger partial charge is 0.0110 e. The van der Waals surface area contributed by atoms with Crippen molar-refractivity contribution >= 4 is 45.5 Å². The summed E-state index contributed by atoms with van der Waals surface area (Å²) < 4.78 is 0. The largest absolute Gasteiger partial charge is 0.153 e. The van der Waals surface area contributed by atoms with Crippen molar-refractivity contribution in [2.75, 3.05) is 0 Å². The van der Waals surface area contributed by atoms with Crippen molar-refractivity contribution in [1.82, 2.24) is 0 Å². The van der Waals surface area contributed by atoms with Crippen molar-refractivity contribution in [2.24, 2.45) is 5.92 Å². The summed E-state index contributed by atoms with van der Waals surface area (Å²) in [5.41, 5.74) is 10.1. The van der Waals surface area contributed by atoms with Gasteiger partial charge >= 0.3 is 0 Å². The van der Waals surface area contributed by atoms with Gasteiger partial charge in [-0.2, -0.15) is 9.90 Å². The van der Waals surface area contributed by atoms with Crippen molar-refractivity contribution in [1.29, 1.82) is 0 Å². The van der Waals surface area contributed by atoms with Crippen LogP contribution in [0, 0.1) is 5.92 Å². The number of thiol groups is 1. The van der Waals surface area contributed by atoms with E-state index in [9.17, 15) is 0 Å². The molecule has 2 heteroatoms. The highest BCUT2D eigenvalue weighted by Crippen LogP contribution is 2.37. The number of hydrogen-bond acceptors (Lipinski definition) is 1. The second-order valence-corrected chi connectivity index (χ2v) is 10.4. The molecule has 0 N–H and O–H groups in total. The van der Waals surface area contributed by atoms with Crippen LogP contribution in [0.3, 0.4) is 0 Å². The van der Waals surface area contributed by atoms with Gasteiger partial charge in [0.05, 0.1) is 0 Å². The molecule has 0 nitrogen and oxygen atoms in total. The summed E-state index contributed by atoms with van der Waals surface area (Å²) in [6.07, 6.45) is 32.7. The Bertz CT molecular complexity index is 1340. The van der Waals surface area contributed by atoms with Crippen LogP contribution in [0.4, 0.5) is 0 Å². The van der Waals surface area contributed by atoms with Gasteiger partial charge in [-0.15, -0.1) is 12.6 Å². The average Bonchev–Trinajstić information content (AvgIpc) is 2.90. The highest BCUT2D eigenvalue weighted by molar-refractivity contribution is 7.84. The van der Waals surface area contributed by atoms with Crippen LogP contribution < -0.4 is 0 Å². The van der Waals surface area contributed by atoms with Gasteiger partial charge in [0.25, 0.3) is 0 Å². The van der Waals surface area contributed by atoms with Gasteiger partial charge in [-0.3, -0.25) is 0 Å². The van der Waals surface area contributed by atoms with E-state index in [1.807, 2.05) is 0 Å². The summed E-state index contributed by atoms with van der Waals surface area (Å²) in [5, 5.41) is 2.91. The Morgan fingerprint density at radius 1 is 1.00 bits per heavy atom. The van der Waals surface area contributed by atoms with Crippen molar-refractivity contribution in [3.63, 3.8) is 0 Å². The highest BCUT2D eigenvalue weighted by atomic mass is 32.1. The summed E-state index contributed by atoms with van der Waals surface area (Å²) in [7, 11) is 0. The monoisotopic (exact) mass is 510 g/mol. The van der Waals surface area contributed by atoms with Gasteiger partial charge in [0, 0.05) is 10.8 Å². The molecular formula is C34H39PS. The second-order valence-electron chi connectivity index (χ2n) is 9.90. The van der Waals surface area contributed by atoms with Crippen LogP contribution >= 0.6 is 22.5 Å². The van der Waals surface area contributed by atoms with E-state index >= 15 is 0 Å². The first-order valence-corrected chi connectivity index (χ1v) is 13.8.